The Hall–Kier alpha value is -0.610. The fourth-order valence-electron chi connectivity index (χ4n) is 1.72. The molecule has 82 valence electrons. The zero-order chi connectivity index (χ0) is 10.6. The van der Waals surface area contributed by atoms with Crippen LogP contribution in [0.15, 0.2) is 0 Å². The maximum atomic E-state index is 11.9. The third kappa shape index (κ3) is 2.69. The summed E-state index contributed by atoms with van der Waals surface area (Å²) in [5.41, 5.74) is 5.47. The fraction of sp³-hybridized carbons (Fsp3) is 0.900. The van der Waals surface area contributed by atoms with E-state index in [0.29, 0.717) is 19.7 Å². The summed E-state index contributed by atoms with van der Waals surface area (Å²) in [6.07, 6.45) is 1.63. The maximum absolute atomic E-state index is 11.9. The van der Waals surface area contributed by atoms with Crippen molar-refractivity contribution < 1.29 is 9.53 Å². The Morgan fingerprint density at radius 1 is 1.64 bits per heavy atom. The van der Waals surface area contributed by atoms with Crippen molar-refractivity contribution in [2.75, 3.05) is 19.7 Å². The highest BCUT2D eigenvalue weighted by atomic mass is 16.5. The highest BCUT2D eigenvalue weighted by Crippen LogP contribution is 2.15. The van der Waals surface area contributed by atoms with Crippen LogP contribution >= 0.6 is 0 Å². The summed E-state index contributed by atoms with van der Waals surface area (Å²) in [6, 6.07) is 0.204. The van der Waals surface area contributed by atoms with Gasteiger partial charge < -0.3 is 15.4 Å². The third-order valence-corrected chi connectivity index (χ3v) is 2.48. The van der Waals surface area contributed by atoms with Gasteiger partial charge in [-0.2, -0.15) is 0 Å². The summed E-state index contributed by atoms with van der Waals surface area (Å²) in [5, 5.41) is 0. The van der Waals surface area contributed by atoms with E-state index in [1.807, 2.05) is 13.8 Å². The molecule has 4 heteroatoms. The second-order valence-corrected chi connectivity index (χ2v) is 3.92. The molecular formula is C10H20N2O2. The molecule has 0 radical (unpaired) electrons. The minimum absolute atomic E-state index is 0.1000. The number of hydrogen-bond acceptors (Lipinski definition) is 3. The van der Waals surface area contributed by atoms with Crippen molar-refractivity contribution in [3.63, 3.8) is 0 Å². The number of carbonyl (C=O) groups is 1. The van der Waals surface area contributed by atoms with E-state index in [-0.39, 0.29) is 18.1 Å². The van der Waals surface area contributed by atoms with Crippen LogP contribution < -0.4 is 5.73 Å². The van der Waals surface area contributed by atoms with Gasteiger partial charge in [0.05, 0.1) is 0 Å². The van der Waals surface area contributed by atoms with Gasteiger partial charge in [-0.15, -0.1) is 0 Å². The monoisotopic (exact) mass is 200 g/mol. The molecule has 1 atom stereocenters. The van der Waals surface area contributed by atoms with Gasteiger partial charge in [-0.05, 0) is 26.7 Å². The lowest BCUT2D eigenvalue weighted by Crippen LogP contribution is -2.45. The maximum Gasteiger partial charge on any atom is 0.251 e. The van der Waals surface area contributed by atoms with E-state index in [0.717, 1.165) is 12.8 Å². The number of amides is 1. The first kappa shape index (κ1) is 11.5. The molecule has 0 aromatic heterocycles. The molecule has 0 spiro atoms. The molecule has 2 N–H and O–H groups in total. The van der Waals surface area contributed by atoms with Gasteiger partial charge in [0.15, 0.2) is 0 Å². The summed E-state index contributed by atoms with van der Waals surface area (Å²) >= 11 is 0. The predicted octanol–water partition coefficient (Wildman–Crippen LogP) is 0.361. The van der Waals surface area contributed by atoms with Crippen LogP contribution in [0.5, 0.6) is 0 Å². The zero-order valence-electron chi connectivity index (χ0n) is 9.03. The van der Waals surface area contributed by atoms with E-state index in [2.05, 4.69) is 0 Å². The van der Waals surface area contributed by atoms with E-state index < -0.39 is 0 Å². The lowest BCUT2D eigenvalue weighted by molar-refractivity contribution is -0.142. The van der Waals surface area contributed by atoms with E-state index in [1.165, 1.54) is 0 Å². The molecule has 0 bridgehead atoms. The molecule has 1 aliphatic heterocycles. The quantitative estimate of drug-likeness (QED) is 0.713. The van der Waals surface area contributed by atoms with Crippen molar-refractivity contribution in [1.29, 1.82) is 0 Å². The van der Waals surface area contributed by atoms with Crippen LogP contribution in [-0.4, -0.2) is 42.6 Å². The number of nitrogens with two attached hydrogens (primary N) is 1. The second kappa shape index (κ2) is 5.32. The van der Waals surface area contributed by atoms with Crippen molar-refractivity contribution in [2.24, 2.45) is 5.73 Å². The summed E-state index contributed by atoms with van der Waals surface area (Å²) in [7, 11) is 0. The molecule has 1 fully saturated rings. The van der Waals surface area contributed by atoms with Gasteiger partial charge in [-0.1, -0.05) is 0 Å². The molecule has 14 heavy (non-hydrogen) atoms. The van der Waals surface area contributed by atoms with E-state index >= 15 is 0 Å². The minimum atomic E-state index is -0.219. The largest absolute Gasteiger partial charge is 0.368 e. The highest BCUT2D eigenvalue weighted by Gasteiger charge is 2.28. The third-order valence-electron chi connectivity index (χ3n) is 2.48. The molecule has 1 rings (SSSR count). The lowest BCUT2D eigenvalue weighted by Gasteiger charge is -2.28. The Kier molecular flexibility index (Phi) is 4.35. The van der Waals surface area contributed by atoms with E-state index in [9.17, 15) is 4.79 Å². The van der Waals surface area contributed by atoms with Gasteiger partial charge in [0, 0.05) is 25.7 Å². The molecule has 1 aliphatic rings. The number of rotatable bonds is 4. The van der Waals surface area contributed by atoms with Crippen LogP contribution in [0.25, 0.3) is 0 Å². The Balaban J connectivity index is 2.53. The first-order chi connectivity index (χ1) is 6.66. The first-order valence-electron chi connectivity index (χ1n) is 5.29. The van der Waals surface area contributed by atoms with Gasteiger partial charge in [-0.3, -0.25) is 4.79 Å². The van der Waals surface area contributed by atoms with Crippen LogP contribution in [0.1, 0.15) is 26.7 Å². The molecule has 1 amide bonds. The van der Waals surface area contributed by atoms with Crippen molar-refractivity contribution in [2.45, 2.75) is 38.8 Å². The van der Waals surface area contributed by atoms with Gasteiger partial charge in [0.25, 0.3) is 5.91 Å². The van der Waals surface area contributed by atoms with Crippen molar-refractivity contribution >= 4 is 5.91 Å². The fourth-order valence-corrected chi connectivity index (χ4v) is 1.72. The Bertz CT molecular complexity index is 189. The second-order valence-electron chi connectivity index (χ2n) is 3.92. The SMILES string of the molecule is CC(C)N(CCN)C(=O)C1CCCO1. The topological polar surface area (TPSA) is 55.6 Å². The molecule has 1 unspecified atom stereocenters. The molecule has 0 aromatic carbocycles. The van der Waals surface area contributed by atoms with Gasteiger partial charge in [-0.25, -0.2) is 0 Å². The number of ether oxygens (including phenoxy) is 1. The average molecular weight is 200 g/mol. The Morgan fingerprint density at radius 3 is 2.79 bits per heavy atom. The van der Waals surface area contributed by atoms with Crippen LogP contribution in [-0.2, 0) is 9.53 Å². The Labute approximate surface area is 85.4 Å². The number of nitrogens with zero attached hydrogens (tertiary/aromatic N) is 1. The molecular weight excluding hydrogens is 180 g/mol. The van der Waals surface area contributed by atoms with Gasteiger partial charge >= 0.3 is 0 Å². The molecule has 1 heterocycles. The van der Waals surface area contributed by atoms with Crippen molar-refractivity contribution in [3.8, 4) is 0 Å². The smallest absolute Gasteiger partial charge is 0.251 e. The zero-order valence-corrected chi connectivity index (χ0v) is 9.03. The number of carbonyl (C=O) groups excluding carboxylic acids is 1. The summed E-state index contributed by atoms with van der Waals surface area (Å²) < 4.78 is 5.36. The highest BCUT2D eigenvalue weighted by molar-refractivity contribution is 5.81. The minimum Gasteiger partial charge on any atom is -0.368 e. The standard InChI is InChI=1S/C10H20N2O2/c1-8(2)12(6-5-11)10(13)9-4-3-7-14-9/h8-9H,3-7,11H2,1-2H3. The summed E-state index contributed by atoms with van der Waals surface area (Å²) in [4.78, 5) is 13.7. The number of hydrogen-bond donors (Lipinski definition) is 1. The van der Waals surface area contributed by atoms with Crippen molar-refractivity contribution in [1.82, 2.24) is 4.90 Å². The normalized spacial score (nSPS) is 21.6. The summed E-state index contributed by atoms with van der Waals surface area (Å²) in [5.74, 6) is 0.1000. The van der Waals surface area contributed by atoms with E-state index in [4.69, 9.17) is 10.5 Å². The molecule has 0 saturated carbocycles. The lowest BCUT2D eigenvalue weighted by atomic mass is 10.2. The average Bonchev–Trinajstić information content (AvgIpc) is 2.65. The van der Waals surface area contributed by atoms with Crippen LogP contribution in [0, 0.1) is 0 Å². The van der Waals surface area contributed by atoms with Gasteiger partial charge in [0.2, 0.25) is 0 Å². The van der Waals surface area contributed by atoms with E-state index in [1.54, 1.807) is 4.90 Å². The van der Waals surface area contributed by atoms with Crippen molar-refractivity contribution in [3.05, 3.63) is 0 Å². The molecule has 0 aromatic rings. The molecule has 0 aliphatic carbocycles. The Morgan fingerprint density at radius 2 is 2.36 bits per heavy atom. The molecule has 1 saturated heterocycles. The van der Waals surface area contributed by atoms with Gasteiger partial charge in [0.1, 0.15) is 6.10 Å². The summed E-state index contributed by atoms with van der Waals surface area (Å²) in [6.45, 7) is 5.85. The molecule has 4 nitrogen and oxygen atoms in total. The first-order valence-corrected chi connectivity index (χ1v) is 5.29. The van der Waals surface area contributed by atoms with Crippen LogP contribution in [0.3, 0.4) is 0 Å². The van der Waals surface area contributed by atoms with Crippen LogP contribution in [0.4, 0.5) is 0 Å². The van der Waals surface area contributed by atoms with Crippen LogP contribution in [0.2, 0.25) is 0 Å². The predicted molar refractivity (Wildman–Crippen MR) is 54.9 cm³/mol.